The van der Waals surface area contributed by atoms with Gasteiger partial charge in [-0.15, -0.1) is 23.2 Å². The molecule has 0 aliphatic rings. The van der Waals surface area contributed by atoms with Crippen molar-refractivity contribution in [1.82, 2.24) is 9.44 Å². The lowest BCUT2D eigenvalue weighted by Crippen LogP contribution is -2.55. The van der Waals surface area contributed by atoms with E-state index < -0.39 is 27.9 Å². The van der Waals surface area contributed by atoms with Crippen LogP contribution in [0.15, 0.2) is 0 Å². The zero-order chi connectivity index (χ0) is 14.4. The van der Waals surface area contributed by atoms with Crippen LogP contribution < -0.4 is 9.44 Å². The molecule has 0 bridgehead atoms. The topological polar surface area (TPSA) is 84.5 Å². The third-order valence-electron chi connectivity index (χ3n) is 2.10. The first-order chi connectivity index (χ1) is 8.20. The SMILES string of the molecule is CCC(CCl)(CCl)NS(=O)(=O)NC(=O)OC(C)C. The Morgan fingerprint density at radius 1 is 1.33 bits per heavy atom. The molecule has 6 nitrogen and oxygen atoms in total. The minimum Gasteiger partial charge on any atom is -0.446 e. The lowest BCUT2D eigenvalue weighted by Gasteiger charge is -2.28. The van der Waals surface area contributed by atoms with E-state index in [-0.39, 0.29) is 11.8 Å². The largest absolute Gasteiger partial charge is 0.446 e. The predicted octanol–water partition coefficient (Wildman–Crippen LogP) is 1.58. The van der Waals surface area contributed by atoms with Crippen molar-refractivity contribution >= 4 is 39.5 Å². The average Bonchev–Trinajstić information content (AvgIpc) is 2.24. The molecule has 0 rings (SSSR count). The summed E-state index contributed by atoms with van der Waals surface area (Å²) in [6.07, 6.45) is -1.08. The molecule has 18 heavy (non-hydrogen) atoms. The van der Waals surface area contributed by atoms with Crippen LogP contribution in [0.3, 0.4) is 0 Å². The fourth-order valence-electron chi connectivity index (χ4n) is 1.01. The second-order valence-electron chi connectivity index (χ2n) is 4.06. The van der Waals surface area contributed by atoms with Gasteiger partial charge in [0.1, 0.15) is 0 Å². The van der Waals surface area contributed by atoms with Gasteiger partial charge in [0.05, 0.1) is 11.6 Å². The Labute approximate surface area is 118 Å². The Morgan fingerprint density at radius 2 is 1.83 bits per heavy atom. The summed E-state index contributed by atoms with van der Waals surface area (Å²) in [6.45, 7) is 4.95. The molecule has 0 saturated heterocycles. The Bertz CT molecular complexity index is 360. The van der Waals surface area contributed by atoms with Crippen LogP contribution in [0.2, 0.25) is 0 Å². The molecule has 0 spiro atoms. The molecule has 0 aliphatic carbocycles. The van der Waals surface area contributed by atoms with E-state index in [1.165, 1.54) is 0 Å². The Balaban J connectivity index is 4.70. The van der Waals surface area contributed by atoms with E-state index in [0.717, 1.165) is 0 Å². The molecular formula is C9H18Cl2N2O4S. The fraction of sp³-hybridized carbons (Fsp3) is 0.889. The molecule has 0 heterocycles. The van der Waals surface area contributed by atoms with Gasteiger partial charge in [-0.3, -0.25) is 0 Å². The first kappa shape index (κ1) is 17.8. The number of amides is 1. The van der Waals surface area contributed by atoms with Crippen LogP contribution in [-0.4, -0.2) is 37.9 Å². The summed E-state index contributed by atoms with van der Waals surface area (Å²) in [6, 6.07) is 0. The van der Waals surface area contributed by atoms with Gasteiger partial charge in [0.15, 0.2) is 0 Å². The molecule has 1 amide bonds. The number of hydrogen-bond donors (Lipinski definition) is 2. The van der Waals surface area contributed by atoms with Gasteiger partial charge in [-0.05, 0) is 20.3 Å². The standard InChI is InChI=1S/C9H18Cl2N2O4S/c1-4-9(5-10,6-11)13-18(15,16)12-8(14)17-7(2)3/h7,13H,4-6H2,1-3H3,(H,12,14). The second-order valence-corrected chi connectivity index (χ2v) is 6.01. The van der Waals surface area contributed by atoms with Crippen molar-refractivity contribution in [3.8, 4) is 0 Å². The molecule has 0 unspecified atom stereocenters. The third kappa shape index (κ3) is 6.08. The number of hydrogen-bond acceptors (Lipinski definition) is 4. The van der Waals surface area contributed by atoms with E-state index in [4.69, 9.17) is 23.2 Å². The number of nitrogens with one attached hydrogen (secondary N) is 2. The molecule has 0 radical (unpaired) electrons. The summed E-state index contributed by atoms with van der Waals surface area (Å²) in [5.41, 5.74) is -0.993. The van der Waals surface area contributed by atoms with Crippen molar-refractivity contribution in [3.05, 3.63) is 0 Å². The van der Waals surface area contributed by atoms with Crippen LogP contribution in [0, 0.1) is 0 Å². The van der Waals surface area contributed by atoms with Gasteiger partial charge < -0.3 is 4.74 Å². The van der Waals surface area contributed by atoms with Crippen LogP contribution in [0.25, 0.3) is 0 Å². The average molecular weight is 321 g/mol. The summed E-state index contributed by atoms with van der Waals surface area (Å²) >= 11 is 11.4. The summed E-state index contributed by atoms with van der Waals surface area (Å²) in [7, 11) is -4.06. The number of ether oxygens (including phenoxy) is 1. The zero-order valence-electron chi connectivity index (χ0n) is 10.5. The normalized spacial score (nSPS) is 12.6. The van der Waals surface area contributed by atoms with E-state index in [0.29, 0.717) is 6.42 Å². The molecule has 108 valence electrons. The molecule has 0 fully saturated rings. The van der Waals surface area contributed by atoms with Crippen molar-refractivity contribution in [2.45, 2.75) is 38.8 Å². The monoisotopic (exact) mass is 320 g/mol. The van der Waals surface area contributed by atoms with Crippen LogP contribution in [0.1, 0.15) is 27.2 Å². The quantitative estimate of drug-likeness (QED) is 0.697. The van der Waals surface area contributed by atoms with Crippen molar-refractivity contribution in [3.63, 3.8) is 0 Å². The van der Waals surface area contributed by atoms with Crippen LogP contribution in [-0.2, 0) is 14.9 Å². The van der Waals surface area contributed by atoms with Gasteiger partial charge in [0.25, 0.3) is 0 Å². The number of rotatable bonds is 7. The van der Waals surface area contributed by atoms with Gasteiger partial charge in [0, 0.05) is 11.8 Å². The third-order valence-corrected chi connectivity index (χ3v) is 4.26. The molecular weight excluding hydrogens is 303 g/mol. The van der Waals surface area contributed by atoms with Crippen molar-refractivity contribution in [2.24, 2.45) is 0 Å². The molecule has 0 aromatic carbocycles. The van der Waals surface area contributed by atoms with Crippen LogP contribution in [0.4, 0.5) is 4.79 Å². The van der Waals surface area contributed by atoms with Crippen LogP contribution >= 0.6 is 23.2 Å². The second kappa shape index (κ2) is 7.37. The summed E-state index contributed by atoms with van der Waals surface area (Å²) in [5.74, 6) is -0.0136. The number of alkyl halides is 2. The van der Waals surface area contributed by atoms with E-state index in [1.54, 1.807) is 25.5 Å². The fourth-order valence-corrected chi connectivity index (χ4v) is 3.14. The van der Waals surface area contributed by atoms with Crippen molar-refractivity contribution in [1.29, 1.82) is 0 Å². The Morgan fingerprint density at radius 3 is 2.17 bits per heavy atom. The summed E-state index contributed by atoms with van der Waals surface area (Å²) < 4.78 is 32.0. The zero-order valence-corrected chi connectivity index (χ0v) is 12.8. The van der Waals surface area contributed by atoms with Gasteiger partial charge >= 0.3 is 16.3 Å². The van der Waals surface area contributed by atoms with Crippen molar-refractivity contribution < 1.29 is 17.9 Å². The molecule has 0 saturated carbocycles. The van der Waals surface area contributed by atoms with E-state index in [9.17, 15) is 13.2 Å². The number of carbonyl (C=O) groups excluding carboxylic acids is 1. The highest BCUT2D eigenvalue weighted by Crippen LogP contribution is 2.15. The van der Waals surface area contributed by atoms with Gasteiger partial charge in [0.2, 0.25) is 0 Å². The highest BCUT2D eigenvalue weighted by molar-refractivity contribution is 7.88. The molecule has 0 aromatic heterocycles. The molecule has 0 aliphatic heterocycles. The first-order valence-electron chi connectivity index (χ1n) is 5.34. The summed E-state index contributed by atoms with van der Waals surface area (Å²) in [4.78, 5) is 11.2. The maximum absolute atomic E-state index is 11.7. The van der Waals surface area contributed by atoms with E-state index in [1.807, 2.05) is 0 Å². The number of carbonyl (C=O) groups is 1. The lowest BCUT2D eigenvalue weighted by atomic mass is 10.0. The molecule has 9 heteroatoms. The maximum Gasteiger partial charge on any atom is 0.422 e. The van der Waals surface area contributed by atoms with Crippen LogP contribution in [0.5, 0.6) is 0 Å². The predicted molar refractivity (Wildman–Crippen MR) is 71.3 cm³/mol. The van der Waals surface area contributed by atoms with Crippen molar-refractivity contribution in [2.75, 3.05) is 11.8 Å². The summed E-state index contributed by atoms with van der Waals surface area (Å²) in [5, 5.41) is 0. The minimum atomic E-state index is -4.06. The first-order valence-corrected chi connectivity index (χ1v) is 7.89. The van der Waals surface area contributed by atoms with Gasteiger partial charge in [-0.2, -0.15) is 13.1 Å². The highest BCUT2D eigenvalue weighted by atomic mass is 35.5. The molecule has 0 aromatic rings. The maximum atomic E-state index is 11.7. The molecule has 2 N–H and O–H groups in total. The van der Waals surface area contributed by atoms with E-state index in [2.05, 4.69) is 9.46 Å². The van der Waals surface area contributed by atoms with E-state index >= 15 is 0 Å². The minimum absolute atomic E-state index is 0.00681. The number of halogens is 2. The lowest BCUT2D eigenvalue weighted by molar-refractivity contribution is 0.121. The molecule has 0 atom stereocenters. The Kier molecular flexibility index (Phi) is 7.28. The van der Waals surface area contributed by atoms with Gasteiger partial charge in [-0.1, -0.05) is 6.92 Å². The van der Waals surface area contributed by atoms with Gasteiger partial charge in [-0.25, -0.2) is 9.52 Å². The smallest absolute Gasteiger partial charge is 0.422 e. The Hall–Kier alpha value is -0.240. The highest BCUT2D eigenvalue weighted by Gasteiger charge is 2.32.